The first kappa shape index (κ1) is 13.2. The Bertz CT molecular complexity index is 386. The molecular formula is C15H24N2O. The molecule has 0 atom stereocenters. The summed E-state index contributed by atoms with van der Waals surface area (Å²) in [7, 11) is 1.72. The Morgan fingerprint density at radius 1 is 1.33 bits per heavy atom. The highest BCUT2D eigenvalue weighted by atomic mass is 16.5. The molecule has 1 fully saturated rings. The molecule has 0 radical (unpaired) electrons. The Labute approximate surface area is 110 Å². The summed E-state index contributed by atoms with van der Waals surface area (Å²) < 4.78 is 5.43. The topological polar surface area (TPSA) is 38.5 Å². The van der Waals surface area contributed by atoms with E-state index >= 15 is 0 Å². The molecule has 1 aromatic carbocycles. The maximum absolute atomic E-state index is 5.88. The second kappa shape index (κ2) is 6.10. The largest absolute Gasteiger partial charge is 0.496 e. The third-order valence-corrected chi connectivity index (χ3v) is 3.93. The maximum Gasteiger partial charge on any atom is 0.123 e. The lowest BCUT2D eigenvalue weighted by atomic mass is 10.1. The summed E-state index contributed by atoms with van der Waals surface area (Å²) in [6, 6.07) is 6.64. The first-order valence-corrected chi connectivity index (χ1v) is 6.91. The fourth-order valence-corrected chi connectivity index (χ4v) is 2.91. The first-order valence-electron chi connectivity index (χ1n) is 6.91. The van der Waals surface area contributed by atoms with Crippen LogP contribution < -0.4 is 10.5 Å². The second-order valence-corrected chi connectivity index (χ2v) is 5.07. The minimum atomic E-state index is 0.737. The van der Waals surface area contributed by atoms with E-state index in [4.69, 9.17) is 10.5 Å². The molecule has 0 unspecified atom stereocenters. The number of benzene rings is 1. The van der Waals surface area contributed by atoms with E-state index in [1.54, 1.807) is 7.11 Å². The summed E-state index contributed by atoms with van der Waals surface area (Å²) in [5, 5.41) is 0. The predicted molar refractivity (Wildman–Crippen MR) is 75.7 cm³/mol. The summed E-state index contributed by atoms with van der Waals surface area (Å²) in [5.74, 6) is 0.945. The predicted octanol–water partition coefficient (Wildman–Crippen LogP) is 3.04. The molecule has 0 aromatic heterocycles. The molecule has 3 heteroatoms. The van der Waals surface area contributed by atoms with Crippen LogP contribution in [0.4, 0.5) is 5.69 Å². The Balaban J connectivity index is 2.12. The van der Waals surface area contributed by atoms with Gasteiger partial charge in [-0.3, -0.25) is 4.90 Å². The Morgan fingerprint density at radius 3 is 2.67 bits per heavy atom. The number of methoxy groups -OCH3 is 1. The van der Waals surface area contributed by atoms with Crippen LogP contribution in [0.3, 0.4) is 0 Å². The van der Waals surface area contributed by atoms with Crippen molar-refractivity contribution in [2.45, 2.75) is 45.2 Å². The van der Waals surface area contributed by atoms with E-state index in [-0.39, 0.29) is 0 Å². The maximum atomic E-state index is 5.88. The number of nitrogens with two attached hydrogens (primary N) is 1. The molecule has 3 nitrogen and oxygen atoms in total. The molecule has 1 saturated carbocycles. The molecule has 0 bridgehead atoms. The van der Waals surface area contributed by atoms with Gasteiger partial charge in [-0.1, -0.05) is 19.8 Å². The van der Waals surface area contributed by atoms with Crippen molar-refractivity contribution in [2.24, 2.45) is 0 Å². The van der Waals surface area contributed by atoms with Crippen molar-refractivity contribution in [1.82, 2.24) is 4.90 Å². The summed E-state index contributed by atoms with van der Waals surface area (Å²) in [5.41, 5.74) is 7.89. The molecule has 1 aromatic rings. The molecule has 100 valence electrons. The van der Waals surface area contributed by atoms with Gasteiger partial charge in [0.15, 0.2) is 0 Å². The second-order valence-electron chi connectivity index (χ2n) is 5.07. The normalized spacial score (nSPS) is 16.4. The van der Waals surface area contributed by atoms with Crippen LogP contribution in [0.5, 0.6) is 5.75 Å². The van der Waals surface area contributed by atoms with Crippen molar-refractivity contribution in [1.29, 1.82) is 0 Å². The fourth-order valence-electron chi connectivity index (χ4n) is 2.91. The van der Waals surface area contributed by atoms with Crippen LogP contribution >= 0.6 is 0 Å². The number of nitrogens with zero attached hydrogens (tertiary/aromatic N) is 1. The molecule has 0 amide bonds. The molecule has 18 heavy (non-hydrogen) atoms. The van der Waals surface area contributed by atoms with Gasteiger partial charge in [0.2, 0.25) is 0 Å². The van der Waals surface area contributed by atoms with Crippen LogP contribution in [0, 0.1) is 0 Å². The number of anilines is 1. The van der Waals surface area contributed by atoms with Crippen LogP contribution in [-0.4, -0.2) is 24.6 Å². The third-order valence-electron chi connectivity index (χ3n) is 3.93. The van der Waals surface area contributed by atoms with Crippen LogP contribution in [0.25, 0.3) is 0 Å². The smallest absolute Gasteiger partial charge is 0.123 e. The van der Waals surface area contributed by atoms with Crippen molar-refractivity contribution in [3.8, 4) is 5.75 Å². The zero-order valence-electron chi connectivity index (χ0n) is 11.5. The summed E-state index contributed by atoms with van der Waals surface area (Å²) in [6.45, 7) is 4.26. The van der Waals surface area contributed by atoms with Crippen molar-refractivity contribution in [2.75, 3.05) is 19.4 Å². The lowest BCUT2D eigenvalue weighted by Crippen LogP contribution is -2.32. The zero-order valence-corrected chi connectivity index (χ0v) is 11.5. The van der Waals surface area contributed by atoms with Gasteiger partial charge >= 0.3 is 0 Å². The molecule has 0 spiro atoms. The lowest BCUT2D eigenvalue weighted by Gasteiger charge is -2.28. The van der Waals surface area contributed by atoms with Gasteiger partial charge in [-0.2, -0.15) is 0 Å². The molecule has 2 N–H and O–H groups in total. The average molecular weight is 248 g/mol. The minimum Gasteiger partial charge on any atom is -0.496 e. The van der Waals surface area contributed by atoms with Gasteiger partial charge < -0.3 is 10.5 Å². The molecule has 0 saturated heterocycles. The van der Waals surface area contributed by atoms with Gasteiger partial charge in [0, 0.05) is 23.8 Å². The number of nitrogen functional groups attached to an aromatic ring is 1. The van der Waals surface area contributed by atoms with Gasteiger partial charge in [-0.25, -0.2) is 0 Å². The van der Waals surface area contributed by atoms with Crippen molar-refractivity contribution < 1.29 is 4.74 Å². The van der Waals surface area contributed by atoms with E-state index in [1.807, 2.05) is 18.2 Å². The quantitative estimate of drug-likeness (QED) is 0.814. The molecule has 0 aliphatic heterocycles. The standard InChI is InChI=1S/C15H24N2O/c1-3-17(14-6-4-5-7-14)11-12-10-13(16)8-9-15(12)18-2/h8-10,14H,3-7,11,16H2,1-2H3. The molecule has 2 rings (SSSR count). The highest BCUT2D eigenvalue weighted by Gasteiger charge is 2.22. The lowest BCUT2D eigenvalue weighted by molar-refractivity contribution is 0.198. The van der Waals surface area contributed by atoms with Crippen molar-refractivity contribution >= 4 is 5.69 Å². The zero-order chi connectivity index (χ0) is 13.0. The van der Waals surface area contributed by atoms with E-state index in [0.717, 1.165) is 30.6 Å². The van der Waals surface area contributed by atoms with Gasteiger partial charge in [0.05, 0.1) is 7.11 Å². The van der Waals surface area contributed by atoms with E-state index in [0.29, 0.717) is 0 Å². The third kappa shape index (κ3) is 2.96. The van der Waals surface area contributed by atoms with Gasteiger partial charge in [-0.05, 0) is 37.6 Å². The highest BCUT2D eigenvalue weighted by Crippen LogP contribution is 2.28. The molecular weight excluding hydrogens is 224 g/mol. The van der Waals surface area contributed by atoms with Crippen LogP contribution in [0.2, 0.25) is 0 Å². The summed E-state index contributed by atoms with van der Waals surface area (Å²) in [4.78, 5) is 2.55. The van der Waals surface area contributed by atoms with E-state index in [1.165, 1.54) is 31.2 Å². The molecule has 0 heterocycles. The van der Waals surface area contributed by atoms with Crippen LogP contribution in [0.1, 0.15) is 38.2 Å². The van der Waals surface area contributed by atoms with E-state index < -0.39 is 0 Å². The number of hydrogen-bond acceptors (Lipinski definition) is 3. The number of ether oxygens (including phenoxy) is 1. The van der Waals surface area contributed by atoms with Crippen LogP contribution in [-0.2, 0) is 6.54 Å². The molecule has 1 aliphatic carbocycles. The SMILES string of the molecule is CCN(Cc1cc(N)ccc1OC)C1CCCC1. The Morgan fingerprint density at radius 2 is 2.06 bits per heavy atom. The van der Waals surface area contributed by atoms with Gasteiger partial charge in [0.1, 0.15) is 5.75 Å². The van der Waals surface area contributed by atoms with Crippen LogP contribution in [0.15, 0.2) is 18.2 Å². The summed E-state index contributed by atoms with van der Waals surface area (Å²) >= 11 is 0. The molecule has 1 aliphatic rings. The first-order chi connectivity index (χ1) is 8.74. The number of rotatable bonds is 5. The van der Waals surface area contributed by atoms with Gasteiger partial charge in [-0.15, -0.1) is 0 Å². The average Bonchev–Trinajstić information content (AvgIpc) is 2.90. The Hall–Kier alpha value is -1.22. The number of hydrogen-bond donors (Lipinski definition) is 1. The fraction of sp³-hybridized carbons (Fsp3) is 0.600. The van der Waals surface area contributed by atoms with E-state index in [9.17, 15) is 0 Å². The van der Waals surface area contributed by atoms with E-state index in [2.05, 4.69) is 11.8 Å². The monoisotopic (exact) mass is 248 g/mol. The minimum absolute atomic E-state index is 0.737. The van der Waals surface area contributed by atoms with Crippen molar-refractivity contribution in [3.63, 3.8) is 0 Å². The highest BCUT2D eigenvalue weighted by molar-refractivity contribution is 5.47. The summed E-state index contributed by atoms with van der Waals surface area (Å²) in [6.07, 6.45) is 5.40. The van der Waals surface area contributed by atoms with Gasteiger partial charge in [0.25, 0.3) is 0 Å². The van der Waals surface area contributed by atoms with Crippen molar-refractivity contribution in [3.05, 3.63) is 23.8 Å². The Kier molecular flexibility index (Phi) is 4.48.